The van der Waals surface area contributed by atoms with E-state index in [9.17, 15) is 14.7 Å². The number of benzene rings is 3. The first-order chi connectivity index (χ1) is 16.4. The van der Waals surface area contributed by atoms with E-state index >= 15 is 0 Å². The molecule has 0 spiro atoms. The van der Waals surface area contributed by atoms with E-state index in [0.29, 0.717) is 5.02 Å². The lowest BCUT2D eigenvalue weighted by Crippen LogP contribution is -2.11. The number of carboxylic acids is 1. The number of ether oxygens (including phenoxy) is 1. The van der Waals surface area contributed by atoms with E-state index in [1.165, 1.54) is 12.1 Å². The fourth-order valence-electron chi connectivity index (χ4n) is 3.38. The number of hydrogen-bond donors (Lipinski definition) is 1. The largest absolute Gasteiger partial charge is 0.488 e. The molecule has 1 N–H and O–H groups in total. The fourth-order valence-corrected chi connectivity index (χ4v) is 3.51. The molecule has 0 saturated carbocycles. The molecule has 0 aliphatic heterocycles. The minimum Gasteiger partial charge on any atom is -0.488 e. The summed E-state index contributed by atoms with van der Waals surface area (Å²) >= 11 is 5.95. The Hall–Kier alpha value is -4.16. The topological polar surface area (TPSA) is 79.7 Å². The molecule has 0 aliphatic rings. The standard InChI is InChI=1S/C27H21ClN2O4/c1-30(21-10-8-20(28)9-11-21)22-12-13-24(29-16-22)26(31)19-7-14-25(23(15-19)27(32)33)34-17-18-5-3-2-4-6-18/h2-16H,17H2,1H3,(H,32,33). The van der Waals surface area contributed by atoms with Crippen molar-refractivity contribution in [3.05, 3.63) is 119 Å². The van der Waals surface area contributed by atoms with Crippen LogP contribution in [0.4, 0.5) is 11.4 Å². The molecule has 0 bridgehead atoms. The molecule has 34 heavy (non-hydrogen) atoms. The Bertz CT molecular complexity index is 1310. The zero-order chi connectivity index (χ0) is 24.1. The number of pyridine rings is 1. The van der Waals surface area contributed by atoms with Crippen LogP contribution in [0.1, 0.15) is 32.0 Å². The number of carbonyl (C=O) groups is 2. The van der Waals surface area contributed by atoms with Gasteiger partial charge in [-0.05, 0) is 60.2 Å². The van der Waals surface area contributed by atoms with Gasteiger partial charge in [0.25, 0.3) is 0 Å². The number of rotatable bonds is 8. The van der Waals surface area contributed by atoms with Gasteiger partial charge in [0.1, 0.15) is 23.6 Å². The van der Waals surface area contributed by atoms with Crippen LogP contribution in [-0.2, 0) is 6.61 Å². The summed E-state index contributed by atoms with van der Waals surface area (Å²) in [6.07, 6.45) is 1.59. The van der Waals surface area contributed by atoms with Gasteiger partial charge in [0.15, 0.2) is 0 Å². The van der Waals surface area contributed by atoms with Crippen LogP contribution in [0.5, 0.6) is 5.75 Å². The van der Waals surface area contributed by atoms with Crippen LogP contribution in [0.2, 0.25) is 5.02 Å². The summed E-state index contributed by atoms with van der Waals surface area (Å²) in [4.78, 5) is 31.0. The van der Waals surface area contributed by atoms with Crippen LogP contribution in [0.3, 0.4) is 0 Å². The first kappa shape index (κ1) is 23.0. The molecule has 4 aromatic rings. The quantitative estimate of drug-likeness (QED) is 0.316. The molecule has 6 nitrogen and oxygen atoms in total. The van der Waals surface area contributed by atoms with E-state index in [1.807, 2.05) is 54.4 Å². The average molecular weight is 473 g/mol. The second kappa shape index (κ2) is 10.2. The van der Waals surface area contributed by atoms with Crippen molar-refractivity contribution in [2.24, 2.45) is 0 Å². The fraction of sp³-hybridized carbons (Fsp3) is 0.0741. The van der Waals surface area contributed by atoms with Crippen molar-refractivity contribution < 1.29 is 19.4 Å². The van der Waals surface area contributed by atoms with Gasteiger partial charge >= 0.3 is 5.97 Å². The van der Waals surface area contributed by atoms with E-state index in [0.717, 1.165) is 16.9 Å². The molecule has 0 radical (unpaired) electrons. The van der Waals surface area contributed by atoms with E-state index in [2.05, 4.69) is 4.98 Å². The lowest BCUT2D eigenvalue weighted by molar-refractivity contribution is 0.0691. The second-order valence-corrected chi connectivity index (χ2v) is 7.99. The highest BCUT2D eigenvalue weighted by atomic mass is 35.5. The highest BCUT2D eigenvalue weighted by molar-refractivity contribution is 6.30. The Kier molecular flexibility index (Phi) is 6.90. The van der Waals surface area contributed by atoms with Crippen LogP contribution in [-0.4, -0.2) is 28.9 Å². The number of hydrogen-bond acceptors (Lipinski definition) is 5. The number of nitrogens with zero attached hydrogens (tertiary/aromatic N) is 2. The Labute approximate surface area is 202 Å². The molecule has 0 amide bonds. The van der Waals surface area contributed by atoms with Gasteiger partial charge in [0, 0.05) is 23.3 Å². The summed E-state index contributed by atoms with van der Waals surface area (Å²) in [6.45, 7) is 0.221. The summed E-state index contributed by atoms with van der Waals surface area (Å²) in [5, 5.41) is 10.3. The smallest absolute Gasteiger partial charge is 0.339 e. The molecule has 0 aliphatic carbocycles. The SMILES string of the molecule is CN(c1ccc(Cl)cc1)c1ccc(C(=O)c2ccc(OCc3ccccc3)c(C(=O)O)c2)nc1. The van der Waals surface area contributed by atoms with Crippen molar-refractivity contribution in [3.8, 4) is 5.75 Å². The van der Waals surface area contributed by atoms with E-state index in [-0.39, 0.29) is 35.0 Å². The molecule has 4 rings (SSSR count). The first-order valence-corrected chi connectivity index (χ1v) is 10.8. The maximum Gasteiger partial charge on any atom is 0.339 e. The van der Waals surface area contributed by atoms with Crippen molar-refractivity contribution in [1.82, 2.24) is 4.98 Å². The molecule has 1 heterocycles. The van der Waals surface area contributed by atoms with Gasteiger partial charge in [-0.3, -0.25) is 9.78 Å². The molecule has 1 aromatic heterocycles. The van der Waals surface area contributed by atoms with E-state index in [4.69, 9.17) is 16.3 Å². The summed E-state index contributed by atoms with van der Waals surface area (Å²) in [7, 11) is 1.88. The van der Waals surface area contributed by atoms with Gasteiger partial charge < -0.3 is 14.7 Å². The zero-order valence-corrected chi connectivity index (χ0v) is 19.1. The first-order valence-electron chi connectivity index (χ1n) is 10.5. The van der Waals surface area contributed by atoms with Crippen molar-refractivity contribution in [1.29, 1.82) is 0 Å². The highest BCUT2D eigenvalue weighted by Gasteiger charge is 2.18. The van der Waals surface area contributed by atoms with Crippen molar-refractivity contribution in [2.45, 2.75) is 6.61 Å². The number of aromatic nitrogens is 1. The van der Waals surface area contributed by atoms with Crippen LogP contribution in [0, 0.1) is 0 Å². The predicted molar refractivity (Wildman–Crippen MR) is 131 cm³/mol. The zero-order valence-electron chi connectivity index (χ0n) is 18.3. The maximum atomic E-state index is 13.0. The highest BCUT2D eigenvalue weighted by Crippen LogP contribution is 2.26. The minimum absolute atomic E-state index is 0.0825. The van der Waals surface area contributed by atoms with E-state index < -0.39 is 5.97 Å². The maximum absolute atomic E-state index is 13.0. The molecule has 170 valence electrons. The Morgan fingerprint density at radius 1 is 0.941 bits per heavy atom. The Balaban J connectivity index is 1.52. The van der Waals surface area contributed by atoms with Crippen molar-refractivity contribution in [3.63, 3.8) is 0 Å². The van der Waals surface area contributed by atoms with Gasteiger partial charge in [-0.15, -0.1) is 0 Å². The number of carboxylic acid groups (broad SMARTS) is 1. The number of aromatic carboxylic acids is 1. The van der Waals surface area contributed by atoms with Crippen molar-refractivity contribution >= 4 is 34.7 Å². The third kappa shape index (κ3) is 5.24. The predicted octanol–water partition coefficient (Wildman–Crippen LogP) is 6.01. The van der Waals surface area contributed by atoms with Crippen molar-refractivity contribution in [2.75, 3.05) is 11.9 Å². The number of anilines is 2. The van der Waals surface area contributed by atoms with Gasteiger partial charge in [0.2, 0.25) is 5.78 Å². The molecule has 0 fully saturated rings. The number of ketones is 1. The molecule has 3 aromatic carbocycles. The van der Waals surface area contributed by atoms with Gasteiger partial charge in [-0.2, -0.15) is 0 Å². The van der Waals surface area contributed by atoms with Crippen LogP contribution >= 0.6 is 11.6 Å². The van der Waals surface area contributed by atoms with Gasteiger partial charge in [0.05, 0.1) is 11.9 Å². The molecule has 0 atom stereocenters. The summed E-state index contributed by atoms with van der Waals surface area (Å²) in [5.74, 6) is -1.36. The monoisotopic (exact) mass is 472 g/mol. The molecule has 0 saturated heterocycles. The summed E-state index contributed by atoms with van der Waals surface area (Å²) in [6, 6.07) is 24.6. The molecule has 7 heteroatoms. The third-order valence-electron chi connectivity index (χ3n) is 5.29. The lowest BCUT2D eigenvalue weighted by Gasteiger charge is -2.19. The molecule has 0 unspecified atom stereocenters. The lowest BCUT2D eigenvalue weighted by atomic mass is 10.0. The third-order valence-corrected chi connectivity index (χ3v) is 5.54. The van der Waals surface area contributed by atoms with Gasteiger partial charge in [-0.1, -0.05) is 41.9 Å². The number of carbonyl (C=O) groups excluding carboxylic acids is 1. The van der Waals surface area contributed by atoms with Crippen LogP contribution < -0.4 is 9.64 Å². The minimum atomic E-state index is -1.18. The van der Waals surface area contributed by atoms with Crippen LogP contribution in [0.25, 0.3) is 0 Å². The van der Waals surface area contributed by atoms with Crippen LogP contribution in [0.15, 0.2) is 91.1 Å². The van der Waals surface area contributed by atoms with E-state index in [1.54, 1.807) is 36.5 Å². The molecular weight excluding hydrogens is 452 g/mol. The average Bonchev–Trinajstić information content (AvgIpc) is 2.87. The Morgan fingerprint density at radius 3 is 2.29 bits per heavy atom. The molecular formula is C27H21ClN2O4. The second-order valence-electron chi connectivity index (χ2n) is 7.56. The summed E-state index contributed by atoms with van der Waals surface area (Å²) < 4.78 is 5.69. The summed E-state index contributed by atoms with van der Waals surface area (Å²) in [5.41, 5.74) is 2.96. The van der Waals surface area contributed by atoms with Gasteiger partial charge in [-0.25, -0.2) is 4.79 Å². The Morgan fingerprint density at radius 2 is 1.65 bits per heavy atom. The normalized spacial score (nSPS) is 10.5. The number of halogens is 1.